The van der Waals surface area contributed by atoms with E-state index in [1.807, 2.05) is 18.4 Å². The molecular formula is C11H15F3N2S. The third-order valence-electron chi connectivity index (χ3n) is 2.43. The zero-order valence-electron chi connectivity index (χ0n) is 9.42. The van der Waals surface area contributed by atoms with Crippen LogP contribution in [0, 0.1) is 0 Å². The van der Waals surface area contributed by atoms with E-state index in [4.69, 9.17) is 5.84 Å². The van der Waals surface area contributed by atoms with Crippen molar-refractivity contribution >= 4 is 11.8 Å². The molecule has 0 aromatic heterocycles. The fraction of sp³-hybridized carbons (Fsp3) is 0.455. The molecule has 0 heterocycles. The van der Waals surface area contributed by atoms with E-state index in [0.29, 0.717) is 0 Å². The summed E-state index contributed by atoms with van der Waals surface area (Å²) in [7, 11) is 0. The summed E-state index contributed by atoms with van der Waals surface area (Å²) in [4.78, 5) is 0.942. The molecule has 1 aromatic carbocycles. The quantitative estimate of drug-likeness (QED) is 0.487. The Bertz CT molecular complexity index is 355. The van der Waals surface area contributed by atoms with Gasteiger partial charge in [0.25, 0.3) is 0 Å². The summed E-state index contributed by atoms with van der Waals surface area (Å²) in [6.45, 7) is 0. The standard InChI is InChI=1S/C11H15F3N2S/c1-17-10-5-3-2-4-8(10)9(16-15)6-7-11(12,13)14/h2-5,9,16H,6-7,15H2,1H3. The molecule has 2 nitrogen and oxygen atoms in total. The van der Waals surface area contributed by atoms with Gasteiger partial charge in [-0.25, -0.2) is 0 Å². The van der Waals surface area contributed by atoms with Crippen LogP contribution in [0.2, 0.25) is 0 Å². The molecule has 3 N–H and O–H groups in total. The molecule has 0 aliphatic carbocycles. The zero-order chi connectivity index (χ0) is 12.9. The molecule has 0 spiro atoms. The molecule has 0 aliphatic rings. The van der Waals surface area contributed by atoms with Crippen molar-refractivity contribution in [3.05, 3.63) is 29.8 Å². The van der Waals surface area contributed by atoms with Gasteiger partial charge in [0.15, 0.2) is 0 Å². The van der Waals surface area contributed by atoms with Crippen LogP contribution in [-0.4, -0.2) is 12.4 Å². The fourth-order valence-corrected chi connectivity index (χ4v) is 2.25. The maximum absolute atomic E-state index is 12.2. The maximum Gasteiger partial charge on any atom is 0.389 e. The van der Waals surface area contributed by atoms with E-state index in [9.17, 15) is 13.2 Å². The molecule has 1 atom stereocenters. The molecule has 96 valence electrons. The maximum atomic E-state index is 12.2. The average molecular weight is 264 g/mol. The van der Waals surface area contributed by atoms with Crippen LogP contribution >= 0.6 is 11.8 Å². The Balaban J connectivity index is 2.79. The van der Waals surface area contributed by atoms with Crippen LogP contribution in [-0.2, 0) is 0 Å². The number of thioether (sulfide) groups is 1. The third-order valence-corrected chi connectivity index (χ3v) is 3.24. The van der Waals surface area contributed by atoms with Gasteiger partial charge < -0.3 is 0 Å². The number of hydrogen-bond acceptors (Lipinski definition) is 3. The Morgan fingerprint density at radius 3 is 2.53 bits per heavy atom. The number of halogens is 3. The van der Waals surface area contributed by atoms with Crippen LogP contribution < -0.4 is 11.3 Å². The Hall–Kier alpha value is -0.720. The monoisotopic (exact) mass is 264 g/mol. The van der Waals surface area contributed by atoms with Gasteiger partial charge in [0, 0.05) is 17.4 Å². The molecule has 0 amide bonds. The highest BCUT2D eigenvalue weighted by atomic mass is 32.2. The first-order chi connectivity index (χ1) is 7.98. The zero-order valence-corrected chi connectivity index (χ0v) is 10.2. The lowest BCUT2D eigenvalue weighted by Crippen LogP contribution is -2.29. The molecule has 17 heavy (non-hydrogen) atoms. The van der Waals surface area contributed by atoms with Crippen LogP contribution in [0.15, 0.2) is 29.2 Å². The number of rotatable bonds is 5. The number of nitrogens with one attached hydrogen (secondary N) is 1. The topological polar surface area (TPSA) is 38.0 Å². The number of benzene rings is 1. The fourth-order valence-electron chi connectivity index (χ4n) is 1.59. The largest absolute Gasteiger partial charge is 0.389 e. The van der Waals surface area contributed by atoms with Crippen molar-refractivity contribution in [2.45, 2.75) is 30.0 Å². The number of nitrogens with two attached hydrogens (primary N) is 1. The van der Waals surface area contributed by atoms with Crippen LogP contribution in [0.5, 0.6) is 0 Å². The van der Waals surface area contributed by atoms with Gasteiger partial charge in [0.1, 0.15) is 0 Å². The second-order valence-electron chi connectivity index (χ2n) is 3.62. The Morgan fingerprint density at radius 2 is 2.00 bits per heavy atom. The highest BCUT2D eigenvalue weighted by Gasteiger charge is 2.28. The Labute approximate surface area is 103 Å². The molecule has 0 saturated carbocycles. The van der Waals surface area contributed by atoms with E-state index in [1.54, 1.807) is 12.1 Å². The SMILES string of the molecule is CSc1ccccc1C(CCC(F)(F)F)NN. The predicted octanol–water partition coefficient (Wildman–Crippen LogP) is 3.26. The lowest BCUT2D eigenvalue weighted by molar-refractivity contribution is -0.136. The first kappa shape index (κ1) is 14.3. The van der Waals surface area contributed by atoms with Crippen LogP contribution in [0.25, 0.3) is 0 Å². The lowest BCUT2D eigenvalue weighted by atomic mass is 10.0. The highest BCUT2D eigenvalue weighted by molar-refractivity contribution is 7.98. The Kier molecular flexibility index (Phi) is 5.30. The van der Waals surface area contributed by atoms with Crippen LogP contribution in [0.4, 0.5) is 13.2 Å². The second kappa shape index (κ2) is 6.28. The number of hydrazine groups is 1. The highest BCUT2D eigenvalue weighted by Crippen LogP contribution is 2.31. The van der Waals surface area contributed by atoms with Crippen molar-refractivity contribution in [1.29, 1.82) is 0 Å². The van der Waals surface area contributed by atoms with E-state index >= 15 is 0 Å². The Morgan fingerprint density at radius 1 is 1.35 bits per heavy atom. The second-order valence-corrected chi connectivity index (χ2v) is 4.46. The summed E-state index contributed by atoms with van der Waals surface area (Å²) < 4.78 is 36.5. The molecule has 0 aliphatic heterocycles. The van der Waals surface area contributed by atoms with Gasteiger partial charge in [-0.2, -0.15) is 13.2 Å². The van der Waals surface area contributed by atoms with Crippen molar-refractivity contribution in [2.75, 3.05) is 6.26 Å². The first-order valence-electron chi connectivity index (χ1n) is 5.13. The predicted molar refractivity (Wildman–Crippen MR) is 63.6 cm³/mol. The van der Waals surface area contributed by atoms with Gasteiger partial charge in [-0.1, -0.05) is 18.2 Å². The molecule has 0 bridgehead atoms. The van der Waals surface area contributed by atoms with Gasteiger partial charge in [0.05, 0.1) is 0 Å². The molecule has 1 unspecified atom stereocenters. The third kappa shape index (κ3) is 4.57. The number of alkyl halides is 3. The van der Waals surface area contributed by atoms with Crippen molar-refractivity contribution in [3.8, 4) is 0 Å². The van der Waals surface area contributed by atoms with Crippen molar-refractivity contribution in [3.63, 3.8) is 0 Å². The van der Waals surface area contributed by atoms with E-state index < -0.39 is 18.6 Å². The van der Waals surface area contributed by atoms with Gasteiger partial charge in [0.2, 0.25) is 0 Å². The van der Waals surface area contributed by atoms with E-state index in [0.717, 1.165) is 10.5 Å². The molecule has 0 radical (unpaired) electrons. The summed E-state index contributed by atoms with van der Waals surface area (Å²) in [6, 6.07) is 6.85. The summed E-state index contributed by atoms with van der Waals surface area (Å²) in [5, 5.41) is 0. The minimum atomic E-state index is -4.15. The van der Waals surface area contributed by atoms with E-state index in [2.05, 4.69) is 5.43 Å². The van der Waals surface area contributed by atoms with E-state index in [-0.39, 0.29) is 6.42 Å². The molecular weight excluding hydrogens is 249 g/mol. The molecule has 0 fully saturated rings. The van der Waals surface area contributed by atoms with Gasteiger partial charge in [-0.3, -0.25) is 11.3 Å². The normalized spacial score (nSPS) is 13.7. The van der Waals surface area contributed by atoms with Crippen LogP contribution in [0.1, 0.15) is 24.4 Å². The van der Waals surface area contributed by atoms with Crippen LogP contribution in [0.3, 0.4) is 0 Å². The lowest BCUT2D eigenvalue weighted by Gasteiger charge is -2.19. The average Bonchev–Trinajstić information content (AvgIpc) is 2.29. The minimum Gasteiger partial charge on any atom is -0.271 e. The van der Waals surface area contributed by atoms with E-state index in [1.165, 1.54) is 11.8 Å². The van der Waals surface area contributed by atoms with Gasteiger partial charge in [-0.15, -0.1) is 11.8 Å². The summed E-state index contributed by atoms with van der Waals surface area (Å²) in [5.74, 6) is 5.33. The summed E-state index contributed by atoms with van der Waals surface area (Å²) in [6.07, 6.45) is -3.16. The molecule has 1 rings (SSSR count). The first-order valence-corrected chi connectivity index (χ1v) is 6.36. The van der Waals surface area contributed by atoms with Crippen molar-refractivity contribution in [2.24, 2.45) is 5.84 Å². The smallest absolute Gasteiger partial charge is 0.271 e. The van der Waals surface area contributed by atoms with Crippen molar-refractivity contribution in [1.82, 2.24) is 5.43 Å². The minimum absolute atomic E-state index is 0.0580. The van der Waals surface area contributed by atoms with Gasteiger partial charge >= 0.3 is 6.18 Å². The van der Waals surface area contributed by atoms with Gasteiger partial charge in [-0.05, 0) is 24.3 Å². The summed E-state index contributed by atoms with van der Waals surface area (Å²) in [5.41, 5.74) is 3.26. The molecule has 6 heteroatoms. The molecule has 0 saturated heterocycles. The van der Waals surface area contributed by atoms with Crippen molar-refractivity contribution < 1.29 is 13.2 Å². The summed E-state index contributed by atoms with van der Waals surface area (Å²) >= 11 is 1.50. The number of hydrogen-bond donors (Lipinski definition) is 2. The molecule has 1 aromatic rings.